The Kier molecular flexibility index (Phi) is 5.11. The number of nitrogens with one attached hydrogen (secondary N) is 1. The molecule has 0 radical (unpaired) electrons. The fourth-order valence-corrected chi connectivity index (χ4v) is 0.706. The van der Waals surface area contributed by atoms with Gasteiger partial charge in [-0.1, -0.05) is 13.8 Å². The van der Waals surface area contributed by atoms with Crippen LogP contribution in [0, 0.1) is 5.92 Å². The lowest BCUT2D eigenvalue weighted by atomic mass is 10.2. The number of amides is 1. The molecule has 0 unspecified atom stereocenters. The molecule has 0 heterocycles. The summed E-state index contributed by atoms with van der Waals surface area (Å²) in [6, 6.07) is -0.560. The highest BCUT2D eigenvalue weighted by Crippen LogP contribution is 1.94. The number of rotatable bonds is 4. The second-order valence-electron chi connectivity index (χ2n) is 3.14. The molecule has 0 fully saturated rings. The van der Waals surface area contributed by atoms with Crippen LogP contribution >= 0.6 is 0 Å². The minimum absolute atomic E-state index is 0.114. The first-order chi connectivity index (χ1) is 5.99. The number of carbonyl (C=O) groups excluding carboxylic acids is 2. The molecule has 4 heteroatoms. The highest BCUT2D eigenvalue weighted by atomic mass is 16.5. The van der Waals surface area contributed by atoms with E-state index in [1.54, 1.807) is 27.7 Å². The SMILES string of the molecule is CCOC(=O)[C@H](C)NC(=O)C(C)C. The summed E-state index contributed by atoms with van der Waals surface area (Å²) in [6.07, 6.45) is 0. The Morgan fingerprint density at radius 1 is 1.31 bits per heavy atom. The van der Waals surface area contributed by atoms with Crippen LogP contribution in [0.15, 0.2) is 0 Å². The van der Waals surface area contributed by atoms with E-state index in [4.69, 9.17) is 4.74 Å². The molecule has 0 aliphatic rings. The van der Waals surface area contributed by atoms with Gasteiger partial charge in [-0.3, -0.25) is 4.79 Å². The number of carbonyl (C=O) groups is 2. The molecule has 0 bridgehead atoms. The van der Waals surface area contributed by atoms with Gasteiger partial charge in [-0.25, -0.2) is 4.79 Å². The van der Waals surface area contributed by atoms with Crippen LogP contribution in [-0.2, 0) is 14.3 Å². The largest absolute Gasteiger partial charge is 0.464 e. The van der Waals surface area contributed by atoms with Gasteiger partial charge in [-0.15, -0.1) is 0 Å². The van der Waals surface area contributed by atoms with Crippen molar-refractivity contribution in [1.82, 2.24) is 5.32 Å². The fraction of sp³-hybridized carbons (Fsp3) is 0.778. The van der Waals surface area contributed by atoms with Crippen LogP contribution in [0.5, 0.6) is 0 Å². The molecule has 0 aliphatic heterocycles. The topological polar surface area (TPSA) is 55.4 Å². The summed E-state index contributed by atoms with van der Waals surface area (Å²) in [5, 5.41) is 2.55. The first-order valence-corrected chi connectivity index (χ1v) is 4.46. The highest BCUT2D eigenvalue weighted by Gasteiger charge is 2.17. The van der Waals surface area contributed by atoms with E-state index in [2.05, 4.69) is 5.32 Å². The van der Waals surface area contributed by atoms with Crippen LogP contribution in [-0.4, -0.2) is 24.5 Å². The second kappa shape index (κ2) is 5.56. The van der Waals surface area contributed by atoms with Gasteiger partial charge in [0.05, 0.1) is 6.61 Å². The average Bonchev–Trinajstić information content (AvgIpc) is 2.04. The maximum absolute atomic E-state index is 11.1. The Balaban J connectivity index is 3.92. The summed E-state index contributed by atoms with van der Waals surface area (Å²) in [5.74, 6) is -0.645. The molecule has 0 aliphatic carbocycles. The average molecular weight is 187 g/mol. The third-order valence-electron chi connectivity index (χ3n) is 1.52. The van der Waals surface area contributed by atoms with E-state index < -0.39 is 12.0 Å². The smallest absolute Gasteiger partial charge is 0.328 e. The molecule has 13 heavy (non-hydrogen) atoms. The van der Waals surface area contributed by atoms with Gasteiger partial charge in [0.15, 0.2) is 0 Å². The van der Waals surface area contributed by atoms with Crippen molar-refractivity contribution in [3.8, 4) is 0 Å². The Labute approximate surface area is 78.6 Å². The number of hydrogen-bond acceptors (Lipinski definition) is 3. The van der Waals surface area contributed by atoms with Crippen LogP contribution in [0.25, 0.3) is 0 Å². The standard InChI is InChI=1S/C9H17NO3/c1-5-13-9(12)7(4)10-8(11)6(2)3/h6-7H,5H2,1-4H3,(H,10,11)/t7-/m0/s1. The summed E-state index contributed by atoms with van der Waals surface area (Å²) in [4.78, 5) is 22.2. The zero-order valence-corrected chi connectivity index (χ0v) is 8.59. The predicted octanol–water partition coefficient (Wildman–Crippen LogP) is 0.710. The van der Waals surface area contributed by atoms with Crippen LogP contribution in [0.3, 0.4) is 0 Å². The van der Waals surface area contributed by atoms with Crippen molar-refractivity contribution in [2.45, 2.75) is 33.7 Å². The molecular weight excluding hydrogens is 170 g/mol. The number of ether oxygens (including phenoxy) is 1. The molecule has 1 amide bonds. The normalized spacial score (nSPS) is 12.4. The van der Waals surface area contributed by atoms with Crippen molar-refractivity contribution in [3.05, 3.63) is 0 Å². The van der Waals surface area contributed by atoms with Crippen molar-refractivity contribution in [1.29, 1.82) is 0 Å². The van der Waals surface area contributed by atoms with Crippen LogP contribution < -0.4 is 5.32 Å². The summed E-state index contributed by atoms with van der Waals surface area (Å²) < 4.78 is 4.73. The molecule has 0 spiro atoms. The Morgan fingerprint density at radius 2 is 1.85 bits per heavy atom. The van der Waals surface area contributed by atoms with Crippen molar-refractivity contribution in [3.63, 3.8) is 0 Å². The minimum Gasteiger partial charge on any atom is -0.464 e. The highest BCUT2D eigenvalue weighted by molar-refractivity contribution is 5.85. The Morgan fingerprint density at radius 3 is 2.23 bits per heavy atom. The zero-order valence-electron chi connectivity index (χ0n) is 8.59. The van der Waals surface area contributed by atoms with Gasteiger partial charge in [0.1, 0.15) is 6.04 Å². The third kappa shape index (κ3) is 4.50. The minimum atomic E-state index is -0.560. The quantitative estimate of drug-likeness (QED) is 0.659. The fourth-order valence-electron chi connectivity index (χ4n) is 0.706. The van der Waals surface area contributed by atoms with E-state index in [1.807, 2.05) is 0 Å². The monoisotopic (exact) mass is 187 g/mol. The Hall–Kier alpha value is -1.06. The van der Waals surface area contributed by atoms with E-state index in [9.17, 15) is 9.59 Å². The summed E-state index contributed by atoms with van der Waals surface area (Å²) in [6.45, 7) is 7.22. The van der Waals surface area contributed by atoms with Gasteiger partial charge in [0.2, 0.25) is 5.91 Å². The molecule has 1 atom stereocenters. The molecule has 4 nitrogen and oxygen atoms in total. The molecule has 76 valence electrons. The van der Waals surface area contributed by atoms with E-state index in [-0.39, 0.29) is 11.8 Å². The Bertz CT molecular complexity index is 189. The van der Waals surface area contributed by atoms with Gasteiger partial charge in [0.25, 0.3) is 0 Å². The number of hydrogen-bond donors (Lipinski definition) is 1. The maximum atomic E-state index is 11.1. The lowest BCUT2D eigenvalue weighted by Crippen LogP contribution is -2.41. The van der Waals surface area contributed by atoms with Gasteiger partial charge in [-0.2, -0.15) is 0 Å². The molecule has 0 aromatic heterocycles. The predicted molar refractivity (Wildman–Crippen MR) is 49.1 cm³/mol. The van der Waals surface area contributed by atoms with Crippen molar-refractivity contribution in [2.24, 2.45) is 5.92 Å². The van der Waals surface area contributed by atoms with Crippen LogP contribution in [0.2, 0.25) is 0 Å². The van der Waals surface area contributed by atoms with E-state index in [1.165, 1.54) is 0 Å². The first-order valence-electron chi connectivity index (χ1n) is 4.46. The second-order valence-corrected chi connectivity index (χ2v) is 3.14. The molecule has 0 aromatic rings. The van der Waals surface area contributed by atoms with E-state index >= 15 is 0 Å². The van der Waals surface area contributed by atoms with Crippen molar-refractivity contribution < 1.29 is 14.3 Å². The van der Waals surface area contributed by atoms with Gasteiger partial charge >= 0.3 is 5.97 Å². The summed E-state index contributed by atoms with van der Waals surface area (Å²) in [7, 11) is 0. The summed E-state index contributed by atoms with van der Waals surface area (Å²) in [5.41, 5.74) is 0. The van der Waals surface area contributed by atoms with E-state index in [0.717, 1.165) is 0 Å². The van der Waals surface area contributed by atoms with Crippen LogP contribution in [0.1, 0.15) is 27.7 Å². The molecule has 0 aromatic carbocycles. The third-order valence-corrected chi connectivity index (χ3v) is 1.52. The molecular formula is C9H17NO3. The molecule has 0 rings (SSSR count). The molecule has 1 N–H and O–H groups in total. The van der Waals surface area contributed by atoms with Crippen molar-refractivity contribution >= 4 is 11.9 Å². The lowest BCUT2D eigenvalue weighted by Gasteiger charge is -2.13. The maximum Gasteiger partial charge on any atom is 0.328 e. The van der Waals surface area contributed by atoms with Crippen LogP contribution in [0.4, 0.5) is 0 Å². The lowest BCUT2D eigenvalue weighted by molar-refractivity contribution is -0.147. The van der Waals surface area contributed by atoms with Gasteiger partial charge < -0.3 is 10.1 Å². The first kappa shape index (κ1) is 11.9. The zero-order chi connectivity index (χ0) is 10.4. The van der Waals surface area contributed by atoms with Gasteiger partial charge in [-0.05, 0) is 13.8 Å². The molecule has 0 saturated carbocycles. The van der Waals surface area contributed by atoms with Crippen molar-refractivity contribution in [2.75, 3.05) is 6.61 Å². The molecule has 0 saturated heterocycles. The summed E-state index contributed by atoms with van der Waals surface area (Å²) >= 11 is 0. The number of esters is 1. The van der Waals surface area contributed by atoms with Gasteiger partial charge in [0, 0.05) is 5.92 Å². The van der Waals surface area contributed by atoms with E-state index in [0.29, 0.717) is 6.61 Å².